The number of rotatable bonds is 2. The molecule has 0 nitrogen and oxygen atoms in total. The molecule has 2 aromatic rings. The molecule has 70 valence electrons. The molecule has 0 unspecified atom stereocenters. The van der Waals surface area contributed by atoms with Crippen LogP contribution in [0.2, 0.25) is 5.02 Å². The Kier molecular flexibility index (Phi) is 3.12. The number of hydrogen-bond donors (Lipinski definition) is 0. The van der Waals surface area contributed by atoms with Crippen molar-refractivity contribution in [1.82, 2.24) is 0 Å². The second-order valence-corrected chi connectivity index (χ2v) is 4.37. The summed E-state index contributed by atoms with van der Waals surface area (Å²) >= 11 is 7.74. The van der Waals surface area contributed by atoms with Gasteiger partial charge in [-0.25, -0.2) is 0 Å². The van der Waals surface area contributed by atoms with Gasteiger partial charge in [-0.05, 0) is 24.3 Å². The smallest absolute Gasteiger partial charge is 0.0545 e. The van der Waals surface area contributed by atoms with Crippen LogP contribution < -0.4 is 0 Å². The van der Waals surface area contributed by atoms with Gasteiger partial charge in [0.15, 0.2) is 0 Å². The van der Waals surface area contributed by atoms with Gasteiger partial charge in [0.05, 0.1) is 5.02 Å². The largest absolute Gasteiger partial charge is 0.0885 e. The first kappa shape index (κ1) is 9.63. The molecule has 0 bridgehead atoms. The van der Waals surface area contributed by atoms with E-state index in [0.717, 1.165) is 9.92 Å². The van der Waals surface area contributed by atoms with Crippen LogP contribution in [-0.4, -0.2) is 0 Å². The average molecular weight is 221 g/mol. The summed E-state index contributed by atoms with van der Waals surface area (Å²) in [6, 6.07) is 18.1. The van der Waals surface area contributed by atoms with Gasteiger partial charge in [-0.2, -0.15) is 0 Å². The minimum atomic E-state index is 0.807. The predicted octanol–water partition coefficient (Wildman–Crippen LogP) is 4.49. The zero-order valence-electron chi connectivity index (χ0n) is 7.48. The molecule has 0 amide bonds. The second-order valence-electron chi connectivity index (χ2n) is 2.85. The van der Waals surface area contributed by atoms with Crippen LogP contribution in [0.15, 0.2) is 64.4 Å². The summed E-state index contributed by atoms with van der Waals surface area (Å²) in [6.07, 6.45) is 0. The van der Waals surface area contributed by atoms with Crippen LogP contribution >= 0.6 is 23.4 Å². The van der Waals surface area contributed by atoms with E-state index in [1.807, 2.05) is 42.5 Å². The third kappa shape index (κ3) is 2.31. The molecule has 0 N–H and O–H groups in total. The Morgan fingerprint density at radius 2 is 1.43 bits per heavy atom. The topological polar surface area (TPSA) is 0 Å². The molecule has 0 aliphatic rings. The van der Waals surface area contributed by atoms with Crippen molar-refractivity contribution >= 4 is 23.4 Å². The van der Waals surface area contributed by atoms with Gasteiger partial charge in [-0.15, -0.1) is 0 Å². The Bertz CT molecular complexity index is 412. The molecule has 0 saturated carbocycles. The van der Waals surface area contributed by atoms with Crippen LogP contribution in [0.1, 0.15) is 0 Å². The highest BCUT2D eigenvalue weighted by atomic mass is 35.5. The van der Waals surface area contributed by atoms with Crippen molar-refractivity contribution < 1.29 is 0 Å². The van der Waals surface area contributed by atoms with Gasteiger partial charge in [-0.1, -0.05) is 53.7 Å². The van der Waals surface area contributed by atoms with Gasteiger partial charge in [0, 0.05) is 9.79 Å². The number of hydrogen-bond acceptors (Lipinski definition) is 1. The van der Waals surface area contributed by atoms with Crippen molar-refractivity contribution in [2.75, 3.05) is 0 Å². The first-order chi connectivity index (χ1) is 6.86. The van der Waals surface area contributed by atoms with Crippen LogP contribution in [-0.2, 0) is 0 Å². The van der Waals surface area contributed by atoms with E-state index in [1.165, 1.54) is 4.90 Å². The predicted molar refractivity (Wildman–Crippen MR) is 62.0 cm³/mol. The van der Waals surface area contributed by atoms with Crippen molar-refractivity contribution in [2.24, 2.45) is 0 Å². The molecule has 0 heterocycles. The monoisotopic (exact) mass is 220 g/mol. The van der Waals surface area contributed by atoms with Crippen LogP contribution in [0.5, 0.6) is 0 Å². The van der Waals surface area contributed by atoms with Crippen LogP contribution in [0, 0.1) is 0 Å². The van der Waals surface area contributed by atoms with E-state index in [4.69, 9.17) is 11.6 Å². The Morgan fingerprint density at radius 3 is 2.14 bits per heavy atom. The minimum absolute atomic E-state index is 0.807. The SMILES string of the molecule is Clc1ccccc1Sc1ccccc1. The fourth-order valence-corrected chi connectivity index (χ4v) is 2.25. The van der Waals surface area contributed by atoms with E-state index in [0.29, 0.717) is 0 Å². The van der Waals surface area contributed by atoms with Gasteiger partial charge in [-0.3, -0.25) is 0 Å². The summed E-state index contributed by atoms with van der Waals surface area (Å²) in [5, 5.41) is 0.807. The van der Waals surface area contributed by atoms with Crippen molar-refractivity contribution in [2.45, 2.75) is 9.79 Å². The summed E-state index contributed by atoms with van der Waals surface area (Å²) in [5.74, 6) is 0. The fourth-order valence-electron chi connectivity index (χ4n) is 1.14. The molecule has 0 spiro atoms. The molecule has 2 aromatic carbocycles. The molecule has 0 aliphatic carbocycles. The highest BCUT2D eigenvalue weighted by Crippen LogP contribution is 2.32. The lowest BCUT2D eigenvalue weighted by atomic mass is 10.4. The third-order valence-corrected chi connectivity index (χ3v) is 3.33. The van der Waals surface area contributed by atoms with Crippen LogP contribution in [0.25, 0.3) is 0 Å². The Morgan fingerprint density at radius 1 is 0.786 bits per heavy atom. The second kappa shape index (κ2) is 4.54. The zero-order valence-corrected chi connectivity index (χ0v) is 9.05. The molecule has 0 atom stereocenters. The van der Waals surface area contributed by atoms with E-state index in [1.54, 1.807) is 11.8 Å². The molecule has 14 heavy (non-hydrogen) atoms. The maximum Gasteiger partial charge on any atom is 0.0545 e. The maximum absolute atomic E-state index is 6.05. The van der Waals surface area contributed by atoms with Gasteiger partial charge in [0.2, 0.25) is 0 Å². The van der Waals surface area contributed by atoms with E-state index >= 15 is 0 Å². The average Bonchev–Trinajstić information content (AvgIpc) is 2.23. The van der Waals surface area contributed by atoms with E-state index in [9.17, 15) is 0 Å². The van der Waals surface area contributed by atoms with E-state index < -0.39 is 0 Å². The lowest BCUT2D eigenvalue weighted by Crippen LogP contribution is -1.73. The standard InChI is InChI=1S/C12H9ClS/c13-11-8-4-5-9-12(11)14-10-6-2-1-3-7-10/h1-9H. The van der Waals surface area contributed by atoms with Crippen LogP contribution in [0.3, 0.4) is 0 Å². The van der Waals surface area contributed by atoms with Crippen molar-refractivity contribution in [3.63, 3.8) is 0 Å². The molecule has 2 rings (SSSR count). The zero-order chi connectivity index (χ0) is 9.80. The molecule has 0 aliphatic heterocycles. The highest BCUT2D eigenvalue weighted by Gasteiger charge is 2.00. The Hall–Kier alpha value is -0.920. The molecule has 0 fully saturated rings. The minimum Gasteiger partial charge on any atom is -0.0885 e. The third-order valence-electron chi connectivity index (χ3n) is 1.81. The maximum atomic E-state index is 6.05. The first-order valence-electron chi connectivity index (χ1n) is 4.34. The normalized spacial score (nSPS) is 10.1. The quantitative estimate of drug-likeness (QED) is 0.719. The van der Waals surface area contributed by atoms with Crippen molar-refractivity contribution in [3.05, 3.63) is 59.6 Å². The molecular formula is C12H9ClS. The molecule has 0 aromatic heterocycles. The Balaban J connectivity index is 2.24. The molecule has 2 heteroatoms. The van der Waals surface area contributed by atoms with Gasteiger partial charge >= 0.3 is 0 Å². The van der Waals surface area contributed by atoms with Crippen LogP contribution in [0.4, 0.5) is 0 Å². The summed E-state index contributed by atoms with van der Waals surface area (Å²) in [4.78, 5) is 2.31. The summed E-state index contributed by atoms with van der Waals surface area (Å²) in [6.45, 7) is 0. The van der Waals surface area contributed by atoms with E-state index in [2.05, 4.69) is 12.1 Å². The lowest BCUT2D eigenvalue weighted by Gasteiger charge is -2.02. The highest BCUT2D eigenvalue weighted by molar-refractivity contribution is 7.99. The summed E-state index contributed by atoms with van der Waals surface area (Å²) in [7, 11) is 0. The fraction of sp³-hybridized carbons (Fsp3) is 0. The summed E-state index contributed by atoms with van der Waals surface area (Å²) < 4.78 is 0. The first-order valence-corrected chi connectivity index (χ1v) is 5.53. The van der Waals surface area contributed by atoms with E-state index in [-0.39, 0.29) is 0 Å². The van der Waals surface area contributed by atoms with Crippen molar-refractivity contribution in [3.8, 4) is 0 Å². The Labute approximate surface area is 92.9 Å². The van der Waals surface area contributed by atoms with Gasteiger partial charge < -0.3 is 0 Å². The van der Waals surface area contributed by atoms with Gasteiger partial charge in [0.25, 0.3) is 0 Å². The summed E-state index contributed by atoms with van der Waals surface area (Å²) in [5.41, 5.74) is 0. The number of benzene rings is 2. The van der Waals surface area contributed by atoms with Gasteiger partial charge in [0.1, 0.15) is 0 Å². The van der Waals surface area contributed by atoms with Crippen molar-refractivity contribution in [1.29, 1.82) is 0 Å². The number of halogens is 1. The molecular weight excluding hydrogens is 212 g/mol. The molecule has 0 radical (unpaired) electrons. The molecule has 0 saturated heterocycles. The lowest BCUT2D eigenvalue weighted by molar-refractivity contribution is 1.41.